The van der Waals surface area contributed by atoms with E-state index in [1.54, 1.807) is 18.4 Å². The van der Waals surface area contributed by atoms with Gasteiger partial charge in [-0.2, -0.15) is 0 Å². The van der Waals surface area contributed by atoms with E-state index in [0.29, 0.717) is 6.54 Å². The van der Waals surface area contributed by atoms with Crippen molar-refractivity contribution in [2.45, 2.75) is 6.42 Å². The topological polar surface area (TPSA) is 20.3 Å². The van der Waals surface area contributed by atoms with Gasteiger partial charge in [0, 0.05) is 28.3 Å². The van der Waals surface area contributed by atoms with Crippen LogP contribution in [0.25, 0.3) is 0 Å². The van der Waals surface area contributed by atoms with Crippen molar-refractivity contribution in [2.75, 3.05) is 13.6 Å². The molecule has 5 heteroatoms. The Hall–Kier alpha value is -0.0600. The van der Waals surface area contributed by atoms with Crippen molar-refractivity contribution >= 4 is 44.2 Å². The predicted molar refractivity (Wildman–Crippen MR) is 59.6 cm³/mol. The summed E-state index contributed by atoms with van der Waals surface area (Å²) in [5, 5.41) is 1.62. The molecule has 13 heavy (non-hydrogen) atoms. The Kier molecular flexibility index (Phi) is 4.22. The summed E-state index contributed by atoms with van der Waals surface area (Å²) in [4.78, 5) is 13.4. The standard InChI is InChI=1S/C8H9BrClNOS/c1-11(8(10)12)3-2-7-4-6(9)5-13-7/h4-5H,2-3H2,1H3. The van der Waals surface area contributed by atoms with E-state index in [0.717, 1.165) is 10.9 Å². The number of nitrogens with zero attached hydrogens (tertiary/aromatic N) is 1. The first-order chi connectivity index (χ1) is 6.09. The lowest BCUT2D eigenvalue weighted by Gasteiger charge is -2.11. The highest BCUT2D eigenvalue weighted by Gasteiger charge is 2.05. The van der Waals surface area contributed by atoms with Gasteiger partial charge in [-0.1, -0.05) is 0 Å². The Labute approximate surface area is 94.6 Å². The number of hydrogen-bond donors (Lipinski definition) is 0. The maximum Gasteiger partial charge on any atom is 0.316 e. The van der Waals surface area contributed by atoms with Crippen molar-refractivity contribution in [2.24, 2.45) is 0 Å². The molecule has 1 aromatic heterocycles. The second-order valence-corrected chi connectivity index (χ2v) is 4.89. The molecule has 0 unspecified atom stereocenters. The maximum atomic E-state index is 10.7. The smallest absolute Gasteiger partial charge is 0.316 e. The molecule has 2 nitrogen and oxygen atoms in total. The number of hydrogen-bond acceptors (Lipinski definition) is 2. The van der Waals surface area contributed by atoms with Gasteiger partial charge >= 0.3 is 5.37 Å². The highest BCUT2D eigenvalue weighted by Crippen LogP contribution is 2.20. The maximum absolute atomic E-state index is 10.7. The van der Waals surface area contributed by atoms with E-state index >= 15 is 0 Å². The van der Waals surface area contributed by atoms with Crippen molar-refractivity contribution in [3.8, 4) is 0 Å². The van der Waals surface area contributed by atoms with Gasteiger partial charge in [0.05, 0.1) is 0 Å². The third-order valence-electron chi connectivity index (χ3n) is 1.62. The number of rotatable bonds is 3. The van der Waals surface area contributed by atoms with E-state index in [1.165, 1.54) is 9.78 Å². The van der Waals surface area contributed by atoms with Gasteiger partial charge < -0.3 is 4.90 Å². The lowest BCUT2D eigenvalue weighted by molar-refractivity contribution is 0.233. The van der Waals surface area contributed by atoms with Crippen LogP contribution in [-0.4, -0.2) is 23.9 Å². The molecule has 0 bridgehead atoms. The van der Waals surface area contributed by atoms with Crippen LogP contribution >= 0.6 is 38.9 Å². The summed E-state index contributed by atoms with van der Waals surface area (Å²) in [5.41, 5.74) is 0. The van der Waals surface area contributed by atoms with Crippen LogP contribution < -0.4 is 0 Å². The van der Waals surface area contributed by atoms with Crippen LogP contribution in [0.1, 0.15) is 4.88 Å². The Morgan fingerprint density at radius 1 is 1.77 bits per heavy atom. The average Bonchev–Trinajstić information content (AvgIpc) is 2.47. The first-order valence-corrected chi connectivity index (χ1v) is 5.78. The number of halogens is 2. The van der Waals surface area contributed by atoms with E-state index in [-0.39, 0.29) is 0 Å². The van der Waals surface area contributed by atoms with E-state index in [1.807, 2.05) is 5.38 Å². The lowest BCUT2D eigenvalue weighted by Crippen LogP contribution is -2.23. The molecule has 0 aromatic carbocycles. The molecule has 1 rings (SSSR count). The van der Waals surface area contributed by atoms with Crippen molar-refractivity contribution < 1.29 is 4.79 Å². The van der Waals surface area contributed by atoms with Crippen LogP contribution in [-0.2, 0) is 6.42 Å². The fourth-order valence-corrected chi connectivity index (χ4v) is 2.38. The summed E-state index contributed by atoms with van der Waals surface area (Å²) in [6.07, 6.45) is 0.852. The summed E-state index contributed by atoms with van der Waals surface area (Å²) in [7, 11) is 1.69. The molecule has 0 N–H and O–H groups in total. The molecule has 0 saturated heterocycles. The van der Waals surface area contributed by atoms with Gasteiger partial charge in [0.2, 0.25) is 0 Å². The van der Waals surface area contributed by atoms with Gasteiger partial charge in [-0.15, -0.1) is 11.3 Å². The number of amides is 1. The summed E-state index contributed by atoms with van der Waals surface area (Å²) in [5.74, 6) is 0. The lowest BCUT2D eigenvalue weighted by atomic mass is 10.3. The van der Waals surface area contributed by atoms with Gasteiger partial charge in [0.25, 0.3) is 0 Å². The highest BCUT2D eigenvalue weighted by atomic mass is 79.9. The van der Waals surface area contributed by atoms with Gasteiger partial charge in [-0.05, 0) is 40.0 Å². The molecule has 0 aliphatic heterocycles. The van der Waals surface area contributed by atoms with E-state index in [2.05, 4.69) is 22.0 Å². The van der Waals surface area contributed by atoms with Gasteiger partial charge in [0.1, 0.15) is 0 Å². The number of thiophene rings is 1. The molecule has 0 spiro atoms. The molecule has 0 radical (unpaired) electrons. The van der Waals surface area contributed by atoms with Crippen molar-refractivity contribution in [3.05, 3.63) is 20.8 Å². The minimum atomic E-state index is -0.407. The fourth-order valence-electron chi connectivity index (χ4n) is 0.851. The van der Waals surface area contributed by atoms with Crippen molar-refractivity contribution in [3.63, 3.8) is 0 Å². The zero-order chi connectivity index (χ0) is 9.84. The Morgan fingerprint density at radius 3 is 2.92 bits per heavy atom. The summed E-state index contributed by atoms with van der Waals surface area (Å²) >= 11 is 10.3. The zero-order valence-electron chi connectivity index (χ0n) is 7.09. The minimum absolute atomic E-state index is 0.407. The van der Waals surface area contributed by atoms with Gasteiger partial charge in [-0.25, -0.2) is 0 Å². The number of carbonyl (C=O) groups is 1. The van der Waals surface area contributed by atoms with Crippen LogP contribution in [0, 0.1) is 0 Å². The molecule has 0 aliphatic carbocycles. The third kappa shape index (κ3) is 3.67. The largest absolute Gasteiger partial charge is 0.332 e. The molecule has 0 fully saturated rings. The molecule has 1 amide bonds. The second kappa shape index (κ2) is 4.98. The van der Waals surface area contributed by atoms with Crippen LogP contribution in [0.5, 0.6) is 0 Å². The minimum Gasteiger partial charge on any atom is -0.332 e. The summed E-state index contributed by atoms with van der Waals surface area (Å²) in [6.45, 7) is 0.662. The monoisotopic (exact) mass is 281 g/mol. The Bertz CT molecular complexity index is 302. The van der Waals surface area contributed by atoms with E-state index < -0.39 is 5.37 Å². The molecular weight excluding hydrogens is 274 g/mol. The first kappa shape index (κ1) is 11.0. The Balaban J connectivity index is 2.39. The number of likely N-dealkylation sites (N-methyl/N-ethyl adjacent to an activating group) is 1. The molecule has 1 aromatic rings. The fraction of sp³-hybridized carbons (Fsp3) is 0.375. The molecule has 0 atom stereocenters. The predicted octanol–water partition coefficient (Wildman–Crippen LogP) is 3.34. The summed E-state index contributed by atoms with van der Waals surface area (Å²) in [6, 6.07) is 2.05. The third-order valence-corrected chi connectivity index (χ3v) is 3.66. The van der Waals surface area contributed by atoms with Crippen LogP contribution in [0.15, 0.2) is 15.9 Å². The van der Waals surface area contributed by atoms with E-state index in [9.17, 15) is 4.79 Å². The molecule has 0 aliphatic rings. The van der Waals surface area contributed by atoms with Gasteiger partial charge in [-0.3, -0.25) is 4.79 Å². The quantitative estimate of drug-likeness (QED) is 0.615. The van der Waals surface area contributed by atoms with Crippen molar-refractivity contribution in [1.82, 2.24) is 4.90 Å². The average molecular weight is 283 g/mol. The first-order valence-electron chi connectivity index (χ1n) is 3.73. The van der Waals surface area contributed by atoms with E-state index in [4.69, 9.17) is 11.6 Å². The highest BCUT2D eigenvalue weighted by molar-refractivity contribution is 9.10. The molecule has 1 heterocycles. The molecular formula is C8H9BrClNOS. The molecule has 72 valence electrons. The Morgan fingerprint density at radius 2 is 2.46 bits per heavy atom. The zero-order valence-corrected chi connectivity index (χ0v) is 10.2. The molecule has 0 saturated carbocycles. The van der Waals surface area contributed by atoms with Crippen LogP contribution in [0.4, 0.5) is 4.79 Å². The van der Waals surface area contributed by atoms with Gasteiger partial charge in [0.15, 0.2) is 0 Å². The van der Waals surface area contributed by atoms with Crippen LogP contribution in [0.2, 0.25) is 0 Å². The SMILES string of the molecule is CN(CCc1cc(Br)cs1)C(=O)Cl. The number of carbonyl (C=O) groups excluding carboxylic acids is 1. The van der Waals surface area contributed by atoms with Crippen molar-refractivity contribution in [1.29, 1.82) is 0 Å². The second-order valence-electron chi connectivity index (χ2n) is 2.66. The summed E-state index contributed by atoms with van der Waals surface area (Å²) < 4.78 is 1.09. The van der Waals surface area contributed by atoms with Crippen LogP contribution in [0.3, 0.4) is 0 Å². The normalized spacial score (nSPS) is 10.1.